The highest BCUT2D eigenvalue weighted by Gasteiger charge is 2.06. The van der Waals surface area contributed by atoms with Gasteiger partial charge in [-0.2, -0.15) is 0 Å². The number of nitrogens with one attached hydrogen (secondary N) is 1. The van der Waals surface area contributed by atoms with Gasteiger partial charge in [0.05, 0.1) is 0 Å². The molecule has 3 aromatic rings. The lowest BCUT2D eigenvalue weighted by Gasteiger charge is -2.03. The number of rotatable bonds is 3. The molecule has 0 radical (unpaired) electrons. The van der Waals surface area contributed by atoms with Gasteiger partial charge >= 0.3 is 5.97 Å². The van der Waals surface area contributed by atoms with Gasteiger partial charge in [-0.25, -0.2) is 4.79 Å². The van der Waals surface area contributed by atoms with E-state index >= 15 is 0 Å². The first-order valence-corrected chi connectivity index (χ1v) is 6.32. The predicted molar refractivity (Wildman–Crippen MR) is 80.4 cm³/mol. The SMILES string of the molecule is O=C(O)C=Cc1ccccc1-c1cc2ccccc2[nH]1. The number of aliphatic carboxylic acids is 1. The van der Waals surface area contributed by atoms with Crippen molar-refractivity contribution < 1.29 is 9.90 Å². The van der Waals surface area contributed by atoms with Crippen LogP contribution in [0.4, 0.5) is 0 Å². The highest BCUT2D eigenvalue weighted by atomic mass is 16.4. The summed E-state index contributed by atoms with van der Waals surface area (Å²) in [6.07, 6.45) is 2.77. The highest BCUT2D eigenvalue weighted by molar-refractivity contribution is 5.90. The average Bonchev–Trinajstić information content (AvgIpc) is 2.89. The van der Waals surface area contributed by atoms with E-state index in [2.05, 4.69) is 11.1 Å². The number of benzene rings is 2. The Morgan fingerprint density at radius 1 is 1.05 bits per heavy atom. The van der Waals surface area contributed by atoms with Crippen LogP contribution < -0.4 is 0 Å². The molecule has 0 saturated carbocycles. The molecule has 2 N–H and O–H groups in total. The third-order valence-electron chi connectivity index (χ3n) is 3.19. The number of hydrogen-bond acceptors (Lipinski definition) is 1. The molecule has 3 rings (SSSR count). The molecule has 0 unspecified atom stereocenters. The van der Waals surface area contributed by atoms with Crippen LogP contribution >= 0.6 is 0 Å². The van der Waals surface area contributed by atoms with E-state index in [4.69, 9.17) is 5.11 Å². The Labute approximate surface area is 116 Å². The van der Waals surface area contributed by atoms with Crippen molar-refractivity contribution in [1.29, 1.82) is 0 Å². The van der Waals surface area contributed by atoms with Gasteiger partial charge in [-0.15, -0.1) is 0 Å². The lowest BCUT2D eigenvalue weighted by atomic mass is 10.0. The summed E-state index contributed by atoms with van der Waals surface area (Å²) in [7, 11) is 0. The summed E-state index contributed by atoms with van der Waals surface area (Å²) in [5, 5.41) is 9.89. The first-order valence-electron chi connectivity index (χ1n) is 6.32. The Bertz CT molecular complexity index is 766. The van der Waals surface area contributed by atoms with E-state index in [1.165, 1.54) is 0 Å². The molecule has 0 aliphatic rings. The number of carboxylic acid groups (broad SMARTS) is 1. The Balaban J connectivity index is 2.11. The van der Waals surface area contributed by atoms with Crippen molar-refractivity contribution in [3.05, 3.63) is 66.2 Å². The fraction of sp³-hybridized carbons (Fsp3) is 0. The molecule has 20 heavy (non-hydrogen) atoms. The van der Waals surface area contributed by atoms with Crippen LogP contribution in [0.3, 0.4) is 0 Å². The summed E-state index contributed by atoms with van der Waals surface area (Å²) in [4.78, 5) is 14.0. The lowest BCUT2D eigenvalue weighted by Crippen LogP contribution is -1.87. The van der Waals surface area contributed by atoms with Crippen molar-refractivity contribution in [3.8, 4) is 11.3 Å². The van der Waals surface area contributed by atoms with Gasteiger partial charge in [0.2, 0.25) is 0 Å². The predicted octanol–water partition coefficient (Wildman–Crippen LogP) is 3.93. The number of H-pyrrole nitrogens is 1. The number of carboxylic acids is 1. The zero-order valence-corrected chi connectivity index (χ0v) is 10.7. The molecule has 0 fully saturated rings. The topological polar surface area (TPSA) is 53.1 Å². The van der Waals surface area contributed by atoms with E-state index in [0.29, 0.717) is 0 Å². The van der Waals surface area contributed by atoms with E-state index in [1.807, 2.05) is 48.5 Å². The van der Waals surface area contributed by atoms with Gasteiger partial charge in [-0.05, 0) is 23.8 Å². The van der Waals surface area contributed by atoms with Crippen LogP contribution in [0.2, 0.25) is 0 Å². The standard InChI is InChI=1S/C17H13NO2/c19-17(20)10-9-12-5-1-3-7-14(12)16-11-13-6-2-4-8-15(13)18-16/h1-11,18H,(H,19,20). The van der Waals surface area contributed by atoms with Gasteiger partial charge < -0.3 is 10.1 Å². The number of carbonyl (C=O) groups is 1. The molecular weight excluding hydrogens is 250 g/mol. The summed E-state index contributed by atoms with van der Waals surface area (Å²) < 4.78 is 0. The number of para-hydroxylation sites is 1. The summed E-state index contributed by atoms with van der Waals surface area (Å²) in [5.41, 5.74) is 3.92. The molecule has 1 aromatic heterocycles. The summed E-state index contributed by atoms with van der Waals surface area (Å²) in [6, 6.07) is 17.8. The van der Waals surface area contributed by atoms with Gasteiger partial charge in [-0.3, -0.25) is 0 Å². The Morgan fingerprint density at radius 3 is 2.60 bits per heavy atom. The van der Waals surface area contributed by atoms with Crippen LogP contribution in [-0.4, -0.2) is 16.1 Å². The molecule has 0 spiro atoms. The van der Waals surface area contributed by atoms with Crippen LogP contribution in [0.15, 0.2) is 60.7 Å². The molecule has 0 aliphatic heterocycles. The molecule has 3 nitrogen and oxygen atoms in total. The average molecular weight is 263 g/mol. The second kappa shape index (κ2) is 5.05. The van der Waals surface area contributed by atoms with Crippen molar-refractivity contribution in [3.63, 3.8) is 0 Å². The van der Waals surface area contributed by atoms with E-state index in [9.17, 15) is 4.79 Å². The second-order valence-electron chi connectivity index (χ2n) is 4.53. The fourth-order valence-corrected chi connectivity index (χ4v) is 2.27. The molecule has 0 bridgehead atoms. The minimum absolute atomic E-state index is 0.876. The zero-order valence-electron chi connectivity index (χ0n) is 10.7. The Kier molecular flexibility index (Phi) is 3.09. The van der Waals surface area contributed by atoms with Gasteiger partial charge in [-0.1, -0.05) is 42.5 Å². The van der Waals surface area contributed by atoms with Crippen LogP contribution in [0, 0.1) is 0 Å². The fourth-order valence-electron chi connectivity index (χ4n) is 2.27. The molecule has 98 valence electrons. The van der Waals surface area contributed by atoms with Crippen LogP contribution in [-0.2, 0) is 4.79 Å². The van der Waals surface area contributed by atoms with E-state index in [-0.39, 0.29) is 0 Å². The maximum Gasteiger partial charge on any atom is 0.328 e. The molecule has 2 aromatic carbocycles. The monoisotopic (exact) mass is 263 g/mol. The minimum Gasteiger partial charge on any atom is -0.478 e. The molecule has 0 amide bonds. The molecule has 0 atom stereocenters. The smallest absolute Gasteiger partial charge is 0.328 e. The van der Waals surface area contributed by atoms with E-state index < -0.39 is 5.97 Å². The van der Waals surface area contributed by atoms with Crippen LogP contribution in [0.1, 0.15) is 5.56 Å². The normalized spacial score (nSPS) is 11.2. The first-order chi connectivity index (χ1) is 9.74. The molecule has 0 saturated heterocycles. The molecular formula is C17H13NO2. The van der Waals surface area contributed by atoms with Gasteiger partial charge in [0.25, 0.3) is 0 Å². The van der Waals surface area contributed by atoms with Crippen molar-refractivity contribution in [2.24, 2.45) is 0 Å². The maximum absolute atomic E-state index is 10.7. The molecule has 0 aliphatic carbocycles. The number of aromatic amines is 1. The first kappa shape index (κ1) is 12.2. The zero-order chi connectivity index (χ0) is 13.9. The Hall–Kier alpha value is -2.81. The Morgan fingerprint density at radius 2 is 1.80 bits per heavy atom. The van der Waals surface area contributed by atoms with Gasteiger partial charge in [0.1, 0.15) is 0 Å². The lowest BCUT2D eigenvalue weighted by molar-refractivity contribution is -0.131. The van der Waals surface area contributed by atoms with E-state index in [0.717, 1.165) is 33.8 Å². The van der Waals surface area contributed by atoms with Gasteiger partial charge in [0, 0.05) is 28.2 Å². The van der Waals surface area contributed by atoms with Crippen LogP contribution in [0.5, 0.6) is 0 Å². The summed E-state index contributed by atoms with van der Waals surface area (Å²) >= 11 is 0. The minimum atomic E-state index is -0.948. The number of aromatic nitrogens is 1. The van der Waals surface area contributed by atoms with Crippen molar-refractivity contribution in [1.82, 2.24) is 4.98 Å². The highest BCUT2D eigenvalue weighted by Crippen LogP contribution is 2.27. The summed E-state index contributed by atoms with van der Waals surface area (Å²) in [6.45, 7) is 0. The number of hydrogen-bond donors (Lipinski definition) is 2. The second-order valence-corrected chi connectivity index (χ2v) is 4.53. The number of fused-ring (bicyclic) bond motifs is 1. The molecule has 3 heteroatoms. The van der Waals surface area contributed by atoms with Crippen molar-refractivity contribution >= 4 is 22.9 Å². The van der Waals surface area contributed by atoms with Crippen molar-refractivity contribution in [2.75, 3.05) is 0 Å². The third kappa shape index (κ3) is 2.34. The largest absolute Gasteiger partial charge is 0.478 e. The maximum atomic E-state index is 10.7. The summed E-state index contributed by atoms with van der Waals surface area (Å²) in [5.74, 6) is -0.948. The van der Waals surface area contributed by atoms with Crippen LogP contribution in [0.25, 0.3) is 28.2 Å². The third-order valence-corrected chi connectivity index (χ3v) is 3.19. The van der Waals surface area contributed by atoms with E-state index in [1.54, 1.807) is 6.08 Å². The van der Waals surface area contributed by atoms with Gasteiger partial charge in [0.15, 0.2) is 0 Å². The quantitative estimate of drug-likeness (QED) is 0.703. The van der Waals surface area contributed by atoms with Crippen molar-refractivity contribution in [2.45, 2.75) is 0 Å². The molecule has 1 heterocycles.